The van der Waals surface area contributed by atoms with Crippen LogP contribution in [0.25, 0.3) is 10.8 Å². The molecule has 0 spiro atoms. The Morgan fingerprint density at radius 1 is 1.10 bits per heavy atom. The van der Waals surface area contributed by atoms with Gasteiger partial charge in [-0.05, 0) is 35.6 Å². The lowest BCUT2D eigenvalue weighted by molar-refractivity contribution is -0.131. The van der Waals surface area contributed by atoms with Gasteiger partial charge in [-0.2, -0.15) is 0 Å². The predicted molar refractivity (Wildman–Crippen MR) is 81.4 cm³/mol. The van der Waals surface area contributed by atoms with E-state index in [0.29, 0.717) is 6.42 Å². The van der Waals surface area contributed by atoms with Crippen LogP contribution in [0.2, 0.25) is 0 Å². The average Bonchev–Trinajstić information content (AvgIpc) is 3.01. The Balaban J connectivity index is 1.80. The van der Waals surface area contributed by atoms with Gasteiger partial charge in [-0.1, -0.05) is 42.5 Å². The smallest absolute Gasteiger partial charge is 0.239 e. The summed E-state index contributed by atoms with van der Waals surface area (Å²) in [7, 11) is 0. The SMILES string of the molecule is NC(Cc1cccc2ccccc12)C(=O)N1CCCC1. The molecule has 0 aromatic heterocycles. The molecule has 2 aromatic carbocycles. The lowest BCUT2D eigenvalue weighted by atomic mass is 9.98. The van der Waals surface area contributed by atoms with Gasteiger partial charge in [-0.3, -0.25) is 4.79 Å². The van der Waals surface area contributed by atoms with E-state index in [0.717, 1.165) is 31.5 Å². The van der Waals surface area contributed by atoms with Gasteiger partial charge >= 0.3 is 0 Å². The van der Waals surface area contributed by atoms with Crippen molar-refractivity contribution >= 4 is 16.7 Å². The van der Waals surface area contributed by atoms with E-state index in [-0.39, 0.29) is 5.91 Å². The summed E-state index contributed by atoms with van der Waals surface area (Å²) in [5.41, 5.74) is 7.28. The van der Waals surface area contributed by atoms with Gasteiger partial charge in [-0.15, -0.1) is 0 Å². The molecule has 3 rings (SSSR count). The molecule has 0 radical (unpaired) electrons. The fourth-order valence-corrected chi connectivity index (χ4v) is 2.97. The van der Waals surface area contributed by atoms with Crippen LogP contribution in [-0.4, -0.2) is 29.9 Å². The van der Waals surface area contributed by atoms with Gasteiger partial charge < -0.3 is 10.6 Å². The third-order valence-electron chi connectivity index (χ3n) is 4.05. The van der Waals surface area contributed by atoms with E-state index in [9.17, 15) is 4.79 Å². The fraction of sp³-hybridized carbons (Fsp3) is 0.353. The van der Waals surface area contributed by atoms with E-state index in [1.54, 1.807) is 0 Å². The number of fused-ring (bicyclic) bond motifs is 1. The minimum absolute atomic E-state index is 0.0930. The predicted octanol–water partition coefficient (Wildman–Crippen LogP) is 2.33. The number of amides is 1. The monoisotopic (exact) mass is 268 g/mol. The Hall–Kier alpha value is -1.87. The first-order chi connectivity index (χ1) is 9.75. The highest BCUT2D eigenvalue weighted by Gasteiger charge is 2.24. The number of hydrogen-bond acceptors (Lipinski definition) is 2. The standard InChI is InChI=1S/C17H20N2O/c18-16(17(20)19-10-3-4-11-19)12-14-8-5-7-13-6-1-2-9-15(13)14/h1-2,5-9,16H,3-4,10-12,18H2. The molecule has 20 heavy (non-hydrogen) atoms. The van der Waals surface area contributed by atoms with Crippen molar-refractivity contribution in [1.29, 1.82) is 0 Å². The van der Waals surface area contributed by atoms with Crippen LogP contribution >= 0.6 is 0 Å². The minimum Gasteiger partial charge on any atom is -0.341 e. The van der Waals surface area contributed by atoms with E-state index < -0.39 is 6.04 Å². The number of carbonyl (C=O) groups is 1. The molecular formula is C17H20N2O. The van der Waals surface area contributed by atoms with E-state index in [1.807, 2.05) is 23.1 Å². The summed E-state index contributed by atoms with van der Waals surface area (Å²) in [5.74, 6) is 0.0930. The Bertz CT molecular complexity index is 612. The molecular weight excluding hydrogens is 248 g/mol. The number of nitrogens with two attached hydrogens (primary N) is 1. The number of nitrogens with zero attached hydrogens (tertiary/aromatic N) is 1. The molecule has 1 saturated heterocycles. The van der Waals surface area contributed by atoms with Crippen LogP contribution in [0, 0.1) is 0 Å². The Labute approximate surface area is 119 Å². The molecule has 1 fully saturated rings. The maximum absolute atomic E-state index is 12.3. The van der Waals surface area contributed by atoms with Crippen LogP contribution in [0.1, 0.15) is 18.4 Å². The van der Waals surface area contributed by atoms with Crippen LogP contribution in [0.3, 0.4) is 0 Å². The van der Waals surface area contributed by atoms with Crippen molar-refractivity contribution < 1.29 is 4.79 Å². The van der Waals surface area contributed by atoms with Crippen molar-refractivity contribution in [2.24, 2.45) is 5.73 Å². The van der Waals surface area contributed by atoms with Crippen LogP contribution < -0.4 is 5.73 Å². The number of benzene rings is 2. The van der Waals surface area contributed by atoms with Gasteiger partial charge in [0.25, 0.3) is 0 Å². The largest absolute Gasteiger partial charge is 0.341 e. The van der Waals surface area contributed by atoms with Gasteiger partial charge in [0.1, 0.15) is 0 Å². The third kappa shape index (κ3) is 2.54. The zero-order chi connectivity index (χ0) is 13.9. The lowest BCUT2D eigenvalue weighted by Gasteiger charge is -2.20. The normalized spacial score (nSPS) is 16.6. The van der Waals surface area contributed by atoms with Crippen molar-refractivity contribution in [1.82, 2.24) is 4.90 Å². The summed E-state index contributed by atoms with van der Waals surface area (Å²) in [6.07, 6.45) is 2.82. The lowest BCUT2D eigenvalue weighted by Crippen LogP contribution is -2.43. The molecule has 1 aliphatic heterocycles. The van der Waals surface area contributed by atoms with Crippen LogP contribution in [0.5, 0.6) is 0 Å². The van der Waals surface area contributed by atoms with Crippen molar-refractivity contribution in [3.8, 4) is 0 Å². The molecule has 0 saturated carbocycles. The van der Waals surface area contributed by atoms with Crippen molar-refractivity contribution in [3.05, 3.63) is 48.0 Å². The molecule has 3 nitrogen and oxygen atoms in total. The summed E-state index contributed by atoms with van der Waals surface area (Å²) in [6.45, 7) is 1.73. The molecule has 2 N–H and O–H groups in total. The molecule has 0 aliphatic carbocycles. The topological polar surface area (TPSA) is 46.3 Å². The fourth-order valence-electron chi connectivity index (χ4n) is 2.97. The third-order valence-corrected chi connectivity index (χ3v) is 4.05. The molecule has 1 aliphatic rings. The van der Waals surface area contributed by atoms with Crippen LogP contribution in [-0.2, 0) is 11.2 Å². The summed E-state index contributed by atoms with van der Waals surface area (Å²) in [6, 6.07) is 14.0. The summed E-state index contributed by atoms with van der Waals surface area (Å²) in [5, 5.41) is 2.39. The molecule has 1 amide bonds. The van der Waals surface area contributed by atoms with E-state index in [2.05, 4.69) is 24.3 Å². The average molecular weight is 268 g/mol. The number of hydrogen-bond donors (Lipinski definition) is 1. The van der Waals surface area contributed by atoms with Crippen molar-refractivity contribution in [2.75, 3.05) is 13.1 Å². The minimum atomic E-state index is -0.432. The summed E-state index contributed by atoms with van der Waals surface area (Å²) in [4.78, 5) is 14.2. The molecule has 104 valence electrons. The first-order valence-corrected chi connectivity index (χ1v) is 7.27. The van der Waals surface area contributed by atoms with Crippen molar-refractivity contribution in [3.63, 3.8) is 0 Å². The first-order valence-electron chi connectivity index (χ1n) is 7.27. The maximum Gasteiger partial charge on any atom is 0.239 e. The van der Waals surface area contributed by atoms with Crippen LogP contribution in [0.15, 0.2) is 42.5 Å². The van der Waals surface area contributed by atoms with Gasteiger partial charge in [-0.25, -0.2) is 0 Å². The highest BCUT2D eigenvalue weighted by atomic mass is 16.2. The van der Waals surface area contributed by atoms with E-state index in [1.165, 1.54) is 10.8 Å². The van der Waals surface area contributed by atoms with Crippen molar-refractivity contribution in [2.45, 2.75) is 25.3 Å². The summed E-state index contributed by atoms with van der Waals surface area (Å²) >= 11 is 0. The number of likely N-dealkylation sites (tertiary alicyclic amines) is 1. The zero-order valence-electron chi connectivity index (χ0n) is 11.6. The zero-order valence-corrected chi connectivity index (χ0v) is 11.6. The molecule has 3 heteroatoms. The second-order valence-corrected chi connectivity index (χ2v) is 5.48. The molecule has 1 heterocycles. The van der Waals surface area contributed by atoms with Gasteiger partial charge in [0.05, 0.1) is 6.04 Å². The van der Waals surface area contributed by atoms with Gasteiger partial charge in [0, 0.05) is 13.1 Å². The maximum atomic E-state index is 12.3. The number of carbonyl (C=O) groups excluding carboxylic acids is 1. The molecule has 1 atom stereocenters. The Morgan fingerprint density at radius 2 is 1.80 bits per heavy atom. The molecule has 0 bridgehead atoms. The molecule has 2 aromatic rings. The highest BCUT2D eigenvalue weighted by Crippen LogP contribution is 2.20. The van der Waals surface area contributed by atoms with Crippen LogP contribution in [0.4, 0.5) is 0 Å². The van der Waals surface area contributed by atoms with Gasteiger partial charge in [0.15, 0.2) is 0 Å². The Kier molecular flexibility index (Phi) is 3.70. The van der Waals surface area contributed by atoms with E-state index >= 15 is 0 Å². The quantitative estimate of drug-likeness (QED) is 0.928. The molecule has 1 unspecified atom stereocenters. The Morgan fingerprint density at radius 3 is 2.60 bits per heavy atom. The first kappa shape index (κ1) is 13.1. The van der Waals surface area contributed by atoms with E-state index in [4.69, 9.17) is 5.73 Å². The summed E-state index contributed by atoms with van der Waals surface area (Å²) < 4.78 is 0. The number of rotatable bonds is 3. The van der Waals surface area contributed by atoms with Gasteiger partial charge in [0.2, 0.25) is 5.91 Å². The second-order valence-electron chi connectivity index (χ2n) is 5.48. The highest BCUT2D eigenvalue weighted by molar-refractivity contribution is 5.87. The second kappa shape index (κ2) is 5.63.